The number of ether oxygens (including phenoxy) is 1. The Labute approximate surface area is 391 Å². The van der Waals surface area contributed by atoms with Crippen LogP contribution in [0.25, 0.3) is 32.3 Å². The van der Waals surface area contributed by atoms with Crippen LogP contribution in [0.15, 0.2) is 173 Å². The van der Waals surface area contributed by atoms with Gasteiger partial charge >= 0.3 is 0 Å². The van der Waals surface area contributed by atoms with Crippen molar-refractivity contribution >= 4 is 114 Å². The number of azo groups is 3. The molecule has 0 aliphatic heterocycles. The molecular formula is C45H34N8O13S3. The molecule has 8 rings (SSSR count). The molecule has 0 aromatic heterocycles. The van der Waals surface area contributed by atoms with E-state index in [1.54, 1.807) is 48.5 Å². The maximum Gasteiger partial charge on any atom is 0.295 e. The van der Waals surface area contributed by atoms with Crippen LogP contribution in [0.5, 0.6) is 11.5 Å². The van der Waals surface area contributed by atoms with Crippen LogP contribution >= 0.6 is 0 Å². The second-order valence-corrected chi connectivity index (χ2v) is 19.1. The molecule has 8 aromatic carbocycles. The van der Waals surface area contributed by atoms with Gasteiger partial charge in [-0.05, 0) is 102 Å². The Morgan fingerprint density at radius 3 is 1.88 bits per heavy atom. The van der Waals surface area contributed by atoms with Crippen molar-refractivity contribution in [3.8, 4) is 11.5 Å². The zero-order valence-electron chi connectivity index (χ0n) is 35.3. The second-order valence-electron chi connectivity index (χ2n) is 14.9. The fourth-order valence-corrected chi connectivity index (χ4v) is 9.05. The molecule has 8 N–H and O–H groups in total. The number of aliphatic hydroxyl groups is 1. The van der Waals surface area contributed by atoms with Crippen molar-refractivity contribution in [2.24, 2.45) is 30.7 Å². The highest BCUT2D eigenvalue weighted by Crippen LogP contribution is 2.42. The van der Waals surface area contributed by atoms with Crippen LogP contribution in [0.3, 0.4) is 0 Å². The number of methoxy groups -OCH3 is 1. The number of nitrogen functional groups attached to an aromatic ring is 1. The molecule has 0 aliphatic carbocycles. The molecule has 0 unspecified atom stereocenters. The third-order valence-electron chi connectivity index (χ3n) is 10.5. The number of carbonyl (C=O) groups excluding carboxylic acids is 1. The molecule has 0 spiro atoms. The number of aliphatic hydroxyl groups excluding tert-OH is 1. The highest BCUT2D eigenvalue weighted by molar-refractivity contribution is 7.86. The molecule has 8 aromatic rings. The molecule has 0 heterocycles. The van der Waals surface area contributed by atoms with Crippen LogP contribution in [0.4, 0.5) is 45.5 Å². The van der Waals surface area contributed by atoms with Crippen LogP contribution in [0.1, 0.15) is 15.9 Å². The molecule has 0 aliphatic rings. The van der Waals surface area contributed by atoms with E-state index in [4.69, 9.17) is 10.5 Å². The molecule has 0 radical (unpaired) electrons. The predicted octanol–water partition coefficient (Wildman–Crippen LogP) is 10.2. The highest BCUT2D eigenvalue weighted by Gasteiger charge is 2.22. The number of nitrogens with two attached hydrogens (primary N) is 1. The summed E-state index contributed by atoms with van der Waals surface area (Å²) in [5, 5.41) is 50.5. The maximum atomic E-state index is 12.8. The van der Waals surface area contributed by atoms with Gasteiger partial charge in [-0.15, -0.1) is 20.5 Å². The number of phenolic OH excluding ortho intramolecular Hbond substituents is 1. The summed E-state index contributed by atoms with van der Waals surface area (Å²) in [4.78, 5) is 10.9. The Kier molecular flexibility index (Phi) is 12.7. The minimum Gasteiger partial charge on any atom is -0.505 e. The lowest BCUT2D eigenvalue weighted by Gasteiger charge is -2.10. The van der Waals surface area contributed by atoms with Gasteiger partial charge < -0.3 is 26.0 Å². The summed E-state index contributed by atoms with van der Waals surface area (Å²) < 4.78 is 108. The van der Waals surface area contributed by atoms with Crippen molar-refractivity contribution in [1.29, 1.82) is 0 Å². The van der Waals surface area contributed by atoms with Gasteiger partial charge in [-0.25, -0.2) is 0 Å². The second kappa shape index (κ2) is 18.5. The number of hydrogen-bond donors (Lipinski definition) is 7. The molecule has 0 fully saturated rings. The number of fused-ring (bicyclic) bond motifs is 3. The van der Waals surface area contributed by atoms with Crippen molar-refractivity contribution in [2.75, 3.05) is 18.2 Å². The van der Waals surface area contributed by atoms with Crippen molar-refractivity contribution in [1.82, 2.24) is 0 Å². The number of benzene rings is 8. The lowest BCUT2D eigenvalue weighted by atomic mass is 10.1. The number of rotatable bonds is 13. The van der Waals surface area contributed by atoms with Crippen molar-refractivity contribution < 1.29 is 58.7 Å². The number of aromatic hydroxyl groups is 1. The Balaban J connectivity index is 1.11. The van der Waals surface area contributed by atoms with E-state index in [2.05, 4.69) is 36.0 Å². The molecule has 69 heavy (non-hydrogen) atoms. The first kappa shape index (κ1) is 47.4. The summed E-state index contributed by atoms with van der Waals surface area (Å²) in [5.74, 6) is -0.551. The van der Waals surface area contributed by atoms with E-state index in [1.807, 2.05) is 0 Å². The number of phenols is 1. The van der Waals surface area contributed by atoms with Gasteiger partial charge in [0.05, 0.1) is 41.4 Å². The first-order valence-electron chi connectivity index (χ1n) is 19.8. The van der Waals surface area contributed by atoms with Crippen LogP contribution < -0.4 is 15.8 Å². The van der Waals surface area contributed by atoms with Gasteiger partial charge in [0.1, 0.15) is 26.9 Å². The van der Waals surface area contributed by atoms with Crippen LogP contribution in [-0.2, 0) is 37.0 Å². The SMILES string of the molecule is COc1cc(N=Nc2cc(S(=O)(=O)O)c3cccc(S(=O)(=O)O)c3c2)c(CO)cc1N=Nc1ccc(N=Nc2ccc3cc(NC(=O)c4ccc(N)cc4)ccc3c2O)c2cc(S(=O)(=O)O)ccc12. The monoisotopic (exact) mass is 990 g/mol. The molecule has 350 valence electrons. The van der Waals surface area contributed by atoms with Gasteiger partial charge in [0.15, 0.2) is 5.75 Å². The molecule has 21 nitrogen and oxygen atoms in total. The predicted molar refractivity (Wildman–Crippen MR) is 253 cm³/mol. The Morgan fingerprint density at radius 1 is 0.580 bits per heavy atom. The quantitative estimate of drug-likeness (QED) is 0.0321. The molecular weight excluding hydrogens is 957 g/mol. The standard InChI is InChI=1S/C45H34N8O13S3/c1-66-41-22-39(52-48-29-19-35-33(43(20-29)69(63,64)65)3-2-4-42(35)68(60,61)62)26(23-54)18-40(41)53-49-36-15-16-37(34-21-30(67(57,58)59)11-13-32(34)36)50-51-38-14-7-25-17-28(10-12-31(25)44(38)55)47-45(56)24-5-8-27(46)9-6-24/h2-22,54-55H,23,46H2,1H3,(H,47,56)(H,57,58,59)(H,60,61,62)(H,63,64,65). The largest absolute Gasteiger partial charge is 0.505 e. The lowest BCUT2D eigenvalue weighted by Crippen LogP contribution is -2.11. The molecule has 0 bridgehead atoms. The van der Waals surface area contributed by atoms with E-state index in [-0.39, 0.29) is 73.3 Å². The fraction of sp³-hybridized carbons (Fsp3) is 0.0444. The zero-order valence-corrected chi connectivity index (χ0v) is 37.8. The molecule has 0 saturated carbocycles. The lowest BCUT2D eigenvalue weighted by molar-refractivity contribution is 0.102. The van der Waals surface area contributed by atoms with E-state index in [0.29, 0.717) is 33.1 Å². The summed E-state index contributed by atoms with van der Waals surface area (Å²) in [6.07, 6.45) is 0. The van der Waals surface area contributed by atoms with E-state index in [9.17, 15) is 53.9 Å². The number of nitrogens with zero attached hydrogens (tertiary/aromatic N) is 6. The van der Waals surface area contributed by atoms with E-state index in [0.717, 1.165) is 30.3 Å². The topological polar surface area (TPSA) is 342 Å². The number of anilines is 2. The minimum atomic E-state index is -4.94. The van der Waals surface area contributed by atoms with Gasteiger partial charge in [-0.1, -0.05) is 24.3 Å². The normalized spacial score (nSPS) is 12.5. The van der Waals surface area contributed by atoms with Gasteiger partial charge in [-0.3, -0.25) is 18.5 Å². The summed E-state index contributed by atoms with van der Waals surface area (Å²) >= 11 is 0. The first-order chi connectivity index (χ1) is 32.7. The summed E-state index contributed by atoms with van der Waals surface area (Å²) in [5.41, 5.74) is 7.32. The van der Waals surface area contributed by atoms with Crippen LogP contribution in [-0.4, -0.2) is 62.1 Å². The zero-order chi connectivity index (χ0) is 49.4. The third-order valence-corrected chi connectivity index (χ3v) is 13.1. The van der Waals surface area contributed by atoms with Crippen molar-refractivity contribution in [3.63, 3.8) is 0 Å². The summed E-state index contributed by atoms with van der Waals surface area (Å²) in [6, 6.07) is 29.2. The van der Waals surface area contributed by atoms with Gasteiger partial charge in [0.25, 0.3) is 36.3 Å². The fourth-order valence-electron chi connectivity index (χ4n) is 7.12. The third kappa shape index (κ3) is 10.1. The highest BCUT2D eigenvalue weighted by atomic mass is 32.2. The Bertz CT molecular complexity index is 3870. The number of hydrogen-bond acceptors (Lipinski definition) is 17. The van der Waals surface area contributed by atoms with Crippen LogP contribution in [0, 0.1) is 0 Å². The average molecular weight is 991 g/mol. The van der Waals surface area contributed by atoms with Crippen molar-refractivity contribution in [3.05, 3.63) is 139 Å². The number of nitrogens with one attached hydrogen (secondary N) is 1. The Morgan fingerprint density at radius 2 is 1.22 bits per heavy atom. The van der Waals surface area contributed by atoms with Crippen LogP contribution in [0.2, 0.25) is 0 Å². The maximum absolute atomic E-state index is 12.8. The van der Waals surface area contributed by atoms with Gasteiger partial charge in [0, 0.05) is 55.5 Å². The average Bonchev–Trinajstić information content (AvgIpc) is 3.31. The summed E-state index contributed by atoms with van der Waals surface area (Å²) in [7, 11) is -13.2. The summed E-state index contributed by atoms with van der Waals surface area (Å²) in [6.45, 7) is -0.639. The molecule has 1 amide bonds. The first-order valence-corrected chi connectivity index (χ1v) is 24.1. The Hall–Kier alpha value is -8.10. The van der Waals surface area contributed by atoms with Crippen molar-refractivity contribution in [2.45, 2.75) is 21.3 Å². The molecule has 0 saturated heterocycles. The number of carbonyl (C=O) groups is 1. The number of amides is 1. The molecule has 0 atom stereocenters. The van der Waals surface area contributed by atoms with E-state index in [1.165, 1.54) is 55.6 Å². The van der Waals surface area contributed by atoms with Gasteiger partial charge in [-0.2, -0.15) is 35.5 Å². The van der Waals surface area contributed by atoms with Gasteiger partial charge in [0.2, 0.25) is 0 Å². The smallest absolute Gasteiger partial charge is 0.295 e. The molecule has 24 heteroatoms. The minimum absolute atomic E-state index is 0.0103. The van der Waals surface area contributed by atoms with E-state index < -0.39 is 51.6 Å². The van der Waals surface area contributed by atoms with E-state index >= 15 is 0 Å².